The molecule has 0 spiro atoms. The van der Waals surface area contributed by atoms with Crippen molar-refractivity contribution in [1.29, 1.82) is 0 Å². The van der Waals surface area contributed by atoms with Gasteiger partial charge in [0.1, 0.15) is 6.61 Å². The highest BCUT2D eigenvalue weighted by Gasteiger charge is 2.13. The molecular formula is C13H16ClN3O. The van der Waals surface area contributed by atoms with Crippen LogP contribution < -0.4 is 10.5 Å². The first-order chi connectivity index (χ1) is 8.63. The molecule has 4 nitrogen and oxygen atoms in total. The quantitative estimate of drug-likeness (QED) is 0.924. The predicted octanol–water partition coefficient (Wildman–Crippen LogP) is 2.42. The summed E-state index contributed by atoms with van der Waals surface area (Å²) in [4.78, 5) is 0. The van der Waals surface area contributed by atoms with Crippen LogP contribution in [-0.4, -0.2) is 9.78 Å². The third-order valence-electron chi connectivity index (χ3n) is 2.82. The summed E-state index contributed by atoms with van der Waals surface area (Å²) >= 11 is 6.08. The Morgan fingerprint density at radius 2 is 2.11 bits per heavy atom. The van der Waals surface area contributed by atoms with Gasteiger partial charge in [-0.05, 0) is 13.0 Å². The van der Waals surface area contributed by atoms with Gasteiger partial charge in [-0.25, -0.2) is 4.68 Å². The molecule has 0 bridgehead atoms. The third-order valence-corrected chi connectivity index (χ3v) is 3.18. The van der Waals surface area contributed by atoms with Crippen molar-refractivity contribution < 1.29 is 4.74 Å². The minimum atomic E-state index is 0.408. The van der Waals surface area contributed by atoms with Crippen molar-refractivity contribution in [2.75, 3.05) is 0 Å². The van der Waals surface area contributed by atoms with Gasteiger partial charge in [0.25, 0.3) is 0 Å². The maximum Gasteiger partial charge on any atom is 0.216 e. The molecule has 0 aliphatic rings. The Labute approximate surface area is 111 Å². The molecule has 0 aliphatic heterocycles. The summed E-state index contributed by atoms with van der Waals surface area (Å²) in [6.45, 7) is 2.74. The second-order valence-corrected chi connectivity index (χ2v) is 4.48. The molecule has 0 atom stereocenters. The lowest BCUT2D eigenvalue weighted by atomic mass is 10.2. The summed E-state index contributed by atoms with van der Waals surface area (Å²) in [7, 11) is 1.84. The van der Waals surface area contributed by atoms with Gasteiger partial charge >= 0.3 is 0 Å². The molecule has 2 rings (SSSR count). The van der Waals surface area contributed by atoms with E-state index in [4.69, 9.17) is 22.1 Å². The van der Waals surface area contributed by atoms with Crippen LogP contribution in [0.15, 0.2) is 24.3 Å². The van der Waals surface area contributed by atoms with Crippen LogP contribution >= 0.6 is 11.6 Å². The first-order valence-corrected chi connectivity index (χ1v) is 6.10. The first kappa shape index (κ1) is 12.9. The normalized spacial score (nSPS) is 10.7. The fourth-order valence-corrected chi connectivity index (χ4v) is 2.05. The van der Waals surface area contributed by atoms with E-state index in [2.05, 4.69) is 5.10 Å². The third kappa shape index (κ3) is 2.49. The number of aryl methyl sites for hydroxylation is 2. The highest BCUT2D eigenvalue weighted by Crippen LogP contribution is 2.23. The van der Waals surface area contributed by atoms with Gasteiger partial charge in [0, 0.05) is 24.2 Å². The van der Waals surface area contributed by atoms with Gasteiger partial charge in [-0.15, -0.1) is 0 Å². The minimum Gasteiger partial charge on any atom is -0.473 e. The molecule has 0 saturated carbocycles. The van der Waals surface area contributed by atoms with E-state index in [0.29, 0.717) is 24.1 Å². The van der Waals surface area contributed by atoms with E-state index in [1.807, 2.05) is 38.2 Å². The van der Waals surface area contributed by atoms with Crippen LogP contribution in [0, 0.1) is 6.92 Å². The molecule has 1 aromatic heterocycles. The molecule has 2 aromatic rings. The van der Waals surface area contributed by atoms with E-state index in [1.165, 1.54) is 0 Å². The van der Waals surface area contributed by atoms with Crippen LogP contribution in [0.25, 0.3) is 0 Å². The topological polar surface area (TPSA) is 53.1 Å². The van der Waals surface area contributed by atoms with Crippen molar-refractivity contribution in [3.8, 4) is 5.88 Å². The summed E-state index contributed by atoms with van der Waals surface area (Å²) in [5, 5.41) is 4.99. The standard InChI is InChI=1S/C13H16ClN3O/c1-9-11(7-15)13(17(2)16-9)18-8-10-5-3-4-6-12(10)14/h3-6H,7-8,15H2,1-2H3. The largest absolute Gasteiger partial charge is 0.473 e. The Bertz CT molecular complexity index is 551. The van der Waals surface area contributed by atoms with E-state index in [0.717, 1.165) is 16.8 Å². The monoisotopic (exact) mass is 265 g/mol. The van der Waals surface area contributed by atoms with E-state index in [-0.39, 0.29) is 0 Å². The van der Waals surface area contributed by atoms with Crippen LogP contribution in [0.2, 0.25) is 5.02 Å². The number of benzene rings is 1. The second kappa shape index (κ2) is 5.42. The number of nitrogens with zero attached hydrogens (tertiary/aromatic N) is 2. The summed E-state index contributed by atoms with van der Waals surface area (Å²) in [6, 6.07) is 7.61. The molecular weight excluding hydrogens is 250 g/mol. The zero-order chi connectivity index (χ0) is 13.1. The van der Waals surface area contributed by atoms with E-state index in [1.54, 1.807) is 4.68 Å². The van der Waals surface area contributed by atoms with E-state index >= 15 is 0 Å². The van der Waals surface area contributed by atoms with Crippen molar-refractivity contribution in [3.63, 3.8) is 0 Å². The number of hydrogen-bond acceptors (Lipinski definition) is 3. The average Bonchev–Trinajstić information content (AvgIpc) is 2.62. The number of rotatable bonds is 4. The van der Waals surface area contributed by atoms with Crippen molar-refractivity contribution in [2.45, 2.75) is 20.1 Å². The second-order valence-electron chi connectivity index (χ2n) is 4.08. The number of aromatic nitrogens is 2. The molecule has 0 amide bonds. The Morgan fingerprint density at radius 1 is 1.39 bits per heavy atom. The number of ether oxygens (including phenoxy) is 1. The van der Waals surface area contributed by atoms with Gasteiger partial charge in [-0.1, -0.05) is 29.8 Å². The Kier molecular flexibility index (Phi) is 3.89. The fraction of sp³-hybridized carbons (Fsp3) is 0.308. The molecule has 0 aliphatic carbocycles. The smallest absolute Gasteiger partial charge is 0.216 e. The van der Waals surface area contributed by atoms with Gasteiger partial charge in [0.2, 0.25) is 5.88 Å². The highest BCUT2D eigenvalue weighted by atomic mass is 35.5. The van der Waals surface area contributed by atoms with E-state index in [9.17, 15) is 0 Å². The van der Waals surface area contributed by atoms with Gasteiger partial charge in [0.05, 0.1) is 11.3 Å². The zero-order valence-electron chi connectivity index (χ0n) is 10.5. The maximum atomic E-state index is 6.08. The van der Waals surface area contributed by atoms with Crippen LogP contribution in [0.4, 0.5) is 0 Å². The lowest BCUT2D eigenvalue weighted by molar-refractivity contribution is 0.276. The first-order valence-electron chi connectivity index (χ1n) is 5.72. The Hall–Kier alpha value is -1.52. The average molecular weight is 266 g/mol. The molecule has 0 fully saturated rings. The lowest BCUT2D eigenvalue weighted by Gasteiger charge is -2.09. The molecule has 0 saturated heterocycles. The minimum absolute atomic E-state index is 0.408. The SMILES string of the molecule is Cc1nn(C)c(OCc2ccccc2Cl)c1CN. The molecule has 18 heavy (non-hydrogen) atoms. The van der Waals surface area contributed by atoms with Crippen molar-refractivity contribution in [3.05, 3.63) is 46.1 Å². The van der Waals surface area contributed by atoms with Crippen molar-refractivity contribution in [1.82, 2.24) is 9.78 Å². The molecule has 1 aromatic carbocycles. The molecule has 2 N–H and O–H groups in total. The fourth-order valence-electron chi connectivity index (χ4n) is 1.86. The molecule has 0 unspecified atom stereocenters. The van der Waals surface area contributed by atoms with Crippen LogP contribution in [0.3, 0.4) is 0 Å². The van der Waals surface area contributed by atoms with Gasteiger partial charge in [0.15, 0.2) is 0 Å². The van der Waals surface area contributed by atoms with Gasteiger partial charge in [-0.3, -0.25) is 0 Å². The van der Waals surface area contributed by atoms with Crippen LogP contribution in [0.1, 0.15) is 16.8 Å². The summed E-state index contributed by atoms with van der Waals surface area (Å²) < 4.78 is 7.49. The zero-order valence-corrected chi connectivity index (χ0v) is 11.2. The predicted molar refractivity (Wildman–Crippen MR) is 71.6 cm³/mol. The van der Waals surface area contributed by atoms with Crippen LogP contribution in [0.5, 0.6) is 5.88 Å². The molecule has 5 heteroatoms. The molecule has 1 heterocycles. The van der Waals surface area contributed by atoms with E-state index < -0.39 is 0 Å². The van der Waals surface area contributed by atoms with Gasteiger partial charge < -0.3 is 10.5 Å². The highest BCUT2D eigenvalue weighted by molar-refractivity contribution is 6.31. The summed E-state index contributed by atoms with van der Waals surface area (Å²) in [5.41, 5.74) is 8.48. The van der Waals surface area contributed by atoms with Crippen molar-refractivity contribution in [2.24, 2.45) is 12.8 Å². The summed E-state index contributed by atoms with van der Waals surface area (Å²) in [5.74, 6) is 0.704. The number of halogens is 1. The number of nitrogens with two attached hydrogens (primary N) is 1. The van der Waals surface area contributed by atoms with Crippen LogP contribution in [-0.2, 0) is 20.2 Å². The summed E-state index contributed by atoms with van der Waals surface area (Å²) in [6.07, 6.45) is 0. The van der Waals surface area contributed by atoms with Gasteiger partial charge in [-0.2, -0.15) is 5.10 Å². The molecule has 0 radical (unpaired) electrons. The van der Waals surface area contributed by atoms with Crippen molar-refractivity contribution >= 4 is 11.6 Å². The Balaban J connectivity index is 2.18. The lowest BCUT2D eigenvalue weighted by Crippen LogP contribution is -2.05. The molecule has 96 valence electrons. The number of hydrogen-bond donors (Lipinski definition) is 1. The Morgan fingerprint density at radius 3 is 2.78 bits per heavy atom. The maximum absolute atomic E-state index is 6.08.